The standard InChI is InChI=1S/C22H31N/c1-4-6-16-22(17-7-5-2)18-12-8-10-14-20(18)23(3)21-15-11-9-13-19(21)22/h8-15,18,20H,4-7,16-17H2,1-3H3. The van der Waals surface area contributed by atoms with Crippen LogP contribution in [0.2, 0.25) is 0 Å². The van der Waals surface area contributed by atoms with Crippen LogP contribution < -0.4 is 4.90 Å². The van der Waals surface area contributed by atoms with Gasteiger partial charge in [0.15, 0.2) is 0 Å². The highest BCUT2D eigenvalue weighted by molar-refractivity contribution is 5.62. The first-order chi connectivity index (χ1) is 11.2. The summed E-state index contributed by atoms with van der Waals surface area (Å²) in [5.41, 5.74) is 3.34. The average Bonchev–Trinajstić information content (AvgIpc) is 2.61. The molecule has 0 bridgehead atoms. The summed E-state index contributed by atoms with van der Waals surface area (Å²) in [4.78, 5) is 2.50. The SMILES string of the molecule is CCCCC1(CCCC)c2ccccc2N(C)C2C=CC=CC21. The molecule has 1 heteroatoms. The van der Waals surface area contributed by atoms with Gasteiger partial charge in [0.2, 0.25) is 0 Å². The molecule has 0 N–H and O–H groups in total. The Balaban J connectivity index is 2.13. The summed E-state index contributed by atoms with van der Waals surface area (Å²) in [5.74, 6) is 0.602. The molecule has 0 spiro atoms. The number of allylic oxidation sites excluding steroid dienone is 2. The van der Waals surface area contributed by atoms with Gasteiger partial charge < -0.3 is 4.90 Å². The number of nitrogens with zero attached hydrogens (tertiary/aromatic N) is 1. The minimum atomic E-state index is 0.307. The summed E-state index contributed by atoms with van der Waals surface area (Å²) < 4.78 is 0. The number of hydrogen-bond donors (Lipinski definition) is 0. The van der Waals surface area contributed by atoms with E-state index in [-0.39, 0.29) is 0 Å². The lowest BCUT2D eigenvalue weighted by Crippen LogP contribution is -2.52. The van der Waals surface area contributed by atoms with Crippen molar-refractivity contribution >= 4 is 5.69 Å². The van der Waals surface area contributed by atoms with Gasteiger partial charge in [-0.2, -0.15) is 0 Å². The van der Waals surface area contributed by atoms with Crippen LogP contribution in [0.4, 0.5) is 5.69 Å². The summed E-state index contributed by atoms with van der Waals surface area (Å²) in [5, 5.41) is 0. The van der Waals surface area contributed by atoms with Crippen molar-refractivity contribution in [2.24, 2.45) is 5.92 Å². The highest BCUT2D eigenvalue weighted by atomic mass is 15.2. The van der Waals surface area contributed by atoms with Gasteiger partial charge in [0.05, 0.1) is 6.04 Å². The molecule has 1 aliphatic carbocycles. The maximum atomic E-state index is 2.50. The Morgan fingerprint density at radius 1 is 0.957 bits per heavy atom. The fourth-order valence-electron chi connectivity index (χ4n) is 4.73. The van der Waals surface area contributed by atoms with E-state index in [0.29, 0.717) is 17.4 Å². The molecule has 1 aromatic carbocycles. The molecular formula is C22H31N. The maximum Gasteiger partial charge on any atom is 0.0544 e. The monoisotopic (exact) mass is 309 g/mol. The first-order valence-electron chi connectivity index (χ1n) is 9.42. The van der Waals surface area contributed by atoms with Crippen LogP contribution in [0.25, 0.3) is 0 Å². The minimum absolute atomic E-state index is 0.307. The highest BCUT2D eigenvalue weighted by Gasteiger charge is 2.48. The van der Waals surface area contributed by atoms with Crippen LogP contribution in [0.5, 0.6) is 0 Å². The number of hydrogen-bond acceptors (Lipinski definition) is 1. The Morgan fingerprint density at radius 3 is 2.30 bits per heavy atom. The van der Waals surface area contributed by atoms with Crippen LogP contribution in [0.1, 0.15) is 57.9 Å². The van der Waals surface area contributed by atoms with Crippen molar-refractivity contribution in [2.45, 2.75) is 63.8 Å². The molecule has 1 aromatic rings. The molecule has 2 unspecified atom stereocenters. The number of anilines is 1. The van der Waals surface area contributed by atoms with E-state index in [4.69, 9.17) is 0 Å². The molecule has 1 heterocycles. The van der Waals surface area contributed by atoms with E-state index >= 15 is 0 Å². The molecule has 0 fully saturated rings. The molecule has 0 aromatic heterocycles. The fraction of sp³-hybridized carbons (Fsp3) is 0.545. The number of benzene rings is 1. The molecule has 2 aliphatic rings. The number of fused-ring (bicyclic) bond motifs is 2. The van der Waals surface area contributed by atoms with Crippen LogP contribution in [0.15, 0.2) is 48.6 Å². The van der Waals surface area contributed by atoms with Crippen LogP contribution in [0.3, 0.4) is 0 Å². The average molecular weight is 309 g/mol. The minimum Gasteiger partial charge on any atom is -0.367 e. The van der Waals surface area contributed by atoms with E-state index in [0.717, 1.165) is 0 Å². The normalized spacial score (nSPS) is 24.4. The number of para-hydroxylation sites is 1. The van der Waals surface area contributed by atoms with E-state index in [1.54, 1.807) is 5.56 Å². The van der Waals surface area contributed by atoms with E-state index < -0.39 is 0 Å². The van der Waals surface area contributed by atoms with Crippen molar-refractivity contribution in [3.05, 3.63) is 54.1 Å². The van der Waals surface area contributed by atoms with Crippen LogP contribution in [-0.4, -0.2) is 13.1 Å². The van der Waals surface area contributed by atoms with E-state index in [2.05, 4.69) is 74.4 Å². The lowest BCUT2D eigenvalue weighted by molar-refractivity contribution is 0.227. The third kappa shape index (κ3) is 2.75. The first-order valence-corrected chi connectivity index (χ1v) is 9.42. The third-order valence-electron chi connectivity index (χ3n) is 5.96. The van der Waals surface area contributed by atoms with Crippen LogP contribution in [-0.2, 0) is 5.41 Å². The maximum absolute atomic E-state index is 2.50. The van der Waals surface area contributed by atoms with Crippen molar-refractivity contribution in [1.29, 1.82) is 0 Å². The number of rotatable bonds is 6. The second kappa shape index (κ2) is 6.95. The van der Waals surface area contributed by atoms with Gasteiger partial charge in [0, 0.05) is 24.1 Å². The molecule has 0 radical (unpaired) electrons. The molecule has 124 valence electrons. The van der Waals surface area contributed by atoms with Crippen molar-refractivity contribution < 1.29 is 0 Å². The lowest BCUT2D eigenvalue weighted by atomic mass is 9.59. The van der Waals surface area contributed by atoms with Crippen molar-refractivity contribution in [1.82, 2.24) is 0 Å². The predicted octanol–water partition coefficient (Wildman–Crippen LogP) is 5.87. The second-order valence-electron chi connectivity index (χ2n) is 7.28. The zero-order valence-corrected chi connectivity index (χ0v) is 15.0. The zero-order valence-electron chi connectivity index (χ0n) is 15.0. The molecule has 0 amide bonds. The first kappa shape index (κ1) is 16.4. The van der Waals surface area contributed by atoms with Crippen LogP contribution in [0, 0.1) is 5.92 Å². The molecule has 3 rings (SSSR count). The Morgan fingerprint density at radius 2 is 1.61 bits per heavy atom. The van der Waals surface area contributed by atoms with Gasteiger partial charge in [-0.25, -0.2) is 0 Å². The Labute approximate surface area is 142 Å². The Bertz CT molecular complexity index is 575. The van der Waals surface area contributed by atoms with E-state index in [1.165, 1.54) is 44.2 Å². The molecule has 1 aliphatic heterocycles. The van der Waals surface area contributed by atoms with Crippen LogP contribution >= 0.6 is 0 Å². The summed E-state index contributed by atoms with van der Waals surface area (Å²) >= 11 is 0. The molecule has 23 heavy (non-hydrogen) atoms. The van der Waals surface area contributed by atoms with Crippen molar-refractivity contribution in [3.63, 3.8) is 0 Å². The summed E-state index contributed by atoms with van der Waals surface area (Å²) in [6.07, 6.45) is 17.2. The zero-order chi connectivity index (χ0) is 16.3. The molecule has 1 nitrogen and oxygen atoms in total. The molecular weight excluding hydrogens is 278 g/mol. The van der Waals surface area contributed by atoms with Gasteiger partial charge in [-0.15, -0.1) is 0 Å². The summed E-state index contributed by atoms with van der Waals surface area (Å²) in [6, 6.07) is 9.66. The topological polar surface area (TPSA) is 3.24 Å². The molecule has 2 atom stereocenters. The van der Waals surface area contributed by atoms with Gasteiger partial charge in [0.1, 0.15) is 0 Å². The second-order valence-corrected chi connectivity index (χ2v) is 7.28. The van der Waals surface area contributed by atoms with E-state index in [1.807, 2.05) is 0 Å². The van der Waals surface area contributed by atoms with Gasteiger partial charge in [0.25, 0.3) is 0 Å². The van der Waals surface area contributed by atoms with Gasteiger partial charge in [-0.05, 0) is 24.5 Å². The fourth-order valence-corrected chi connectivity index (χ4v) is 4.73. The highest BCUT2D eigenvalue weighted by Crippen LogP contribution is 2.52. The van der Waals surface area contributed by atoms with E-state index in [9.17, 15) is 0 Å². The van der Waals surface area contributed by atoms with Gasteiger partial charge >= 0.3 is 0 Å². The number of likely N-dealkylation sites (N-methyl/N-ethyl adjacent to an activating group) is 1. The Hall–Kier alpha value is -1.50. The number of unbranched alkanes of at least 4 members (excludes halogenated alkanes) is 2. The third-order valence-corrected chi connectivity index (χ3v) is 5.96. The quantitative estimate of drug-likeness (QED) is 0.635. The van der Waals surface area contributed by atoms with Crippen molar-refractivity contribution in [3.8, 4) is 0 Å². The van der Waals surface area contributed by atoms with Gasteiger partial charge in [-0.1, -0.05) is 82.0 Å². The molecule has 0 saturated carbocycles. The van der Waals surface area contributed by atoms with Gasteiger partial charge in [-0.3, -0.25) is 0 Å². The Kier molecular flexibility index (Phi) is 4.94. The van der Waals surface area contributed by atoms with Crippen molar-refractivity contribution in [2.75, 3.05) is 11.9 Å². The summed E-state index contributed by atoms with van der Waals surface area (Å²) in [7, 11) is 2.27. The lowest BCUT2D eigenvalue weighted by Gasteiger charge is -2.53. The molecule has 0 saturated heterocycles. The predicted molar refractivity (Wildman–Crippen MR) is 101 cm³/mol. The summed E-state index contributed by atoms with van der Waals surface area (Å²) in [6.45, 7) is 4.64. The largest absolute Gasteiger partial charge is 0.367 e. The smallest absolute Gasteiger partial charge is 0.0544 e.